The van der Waals surface area contributed by atoms with E-state index in [1.54, 1.807) is 28.7 Å². The van der Waals surface area contributed by atoms with Gasteiger partial charge in [-0.2, -0.15) is 4.31 Å². The van der Waals surface area contributed by atoms with Crippen molar-refractivity contribution in [1.29, 1.82) is 0 Å². The van der Waals surface area contributed by atoms with Gasteiger partial charge in [0, 0.05) is 45.5 Å². The number of benzene rings is 1. The summed E-state index contributed by atoms with van der Waals surface area (Å²) < 4.78 is 27.5. The summed E-state index contributed by atoms with van der Waals surface area (Å²) in [6, 6.07) is 11.0. The lowest BCUT2D eigenvalue weighted by Gasteiger charge is -2.35. The van der Waals surface area contributed by atoms with Crippen LogP contribution in [-0.4, -0.2) is 66.9 Å². The van der Waals surface area contributed by atoms with Crippen molar-refractivity contribution in [2.75, 3.05) is 49.1 Å². The van der Waals surface area contributed by atoms with Gasteiger partial charge < -0.3 is 9.80 Å². The van der Waals surface area contributed by atoms with E-state index in [2.05, 4.69) is 19.8 Å². The van der Waals surface area contributed by atoms with Crippen molar-refractivity contribution < 1.29 is 8.42 Å². The molecule has 8 nitrogen and oxygen atoms in total. The van der Waals surface area contributed by atoms with Crippen molar-refractivity contribution in [2.45, 2.75) is 24.2 Å². The van der Waals surface area contributed by atoms with Crippen LogP contribution in [0.4, 0.5) is 11.6 Å². The molecule has 2 aliphatic rings. The second kappa shape index (κ2) is 8.39. The van der Waals surface area contributed by atoms with E-state index in [-0.39, 0.29) is 0 Å². The molecule has 0 amide bonds. The summed E-state index contributed by atoms with van der Waals surface area (Å²) in [5, 5.41) is 0. The number of pyridine rings is 1. The minimum absolute atomic E-state index is 0.299. The van der Waals surface area contributed by atoms with Gasteiger partial charge in [-0.25, -0.2) is 18.4 Å². The first-order valence-corrected chi connectivity index (χ1v) is 12.2. The van der Waals surface area contributed by atoms with Gasteiger partial charge in [0.1, 0.15) is 11.6 Å². The zero-order chi connectivity index (χ0) is 21.3. The molecular formula is C22H26N6O2S. The van der Waals surface area contributed by atoms with Gasteiger partial charge in [0.2, 0.25) is 10.0 Å². The molecule has 0 saturated carbocycles. The number of piperidine rings is 1. The smallest absolute Gasteiger partial charge is 0.243 e. The number of sulfonamides is 1. The average Bonchev–Trinajstić information content (AvgIpc) is 2.84. The van der Waals surface area contributed by atoms with Crippen LogP contribution in [0.3, 0.4) is 0 Å². The molecule has 2 fully saturated rings. The van der Waals surface area contributed by atoms with E-state index in [9.17, 15) is 8.42 Å². The third-order valence-corrected chi connectivity index (χ3v) is 7.93. The molecular weight excluding hydrogens is 412 g/mol. The van der Waals surface area contributed by atoms with Gasteiger partial charge in [0.15, 0.2) is 0 Å². The molecule has 2 aromatic heterocycles. The van der Waals surface area contributed by atoms with Crippen LogP contribution in [0.15, 0.2) is 53.7 Å². The predicted molar refractivity (Wildman–Crippen MR) is 121 cm³/mol. The Labute approximate surface area is 182 Å². The summed E-state index contributed by atoms with van der Waals surface area (Å²) in [5.74, 6) is 1.81. The Morgan fingerprint density at radius 1 is 0.742 bits per heavy atom. The van der Waals surface area contributed by atoms with Gasteiger partial charge in [-0.3, -0.25) is 4.98 Å². The Kier molecular flexibility index (Phi) is 5.45. The number of anilines is 2. The van der Waals surface area contributed by atoms with Crippen molar-refractivity contribution in [1.82, 2.24) is 19.3 Å². The number of aromatic nitrogens is 3. The third-order valence-electron chi connectivity index (χ3n) is 6.03. The molecule has 31 heavy (non-hydrogen) atoms. The van der Waals surface area contributed by atoms with Crippen molar-refractivity contribution in [2.24, 2.45) is 0 Å². The van der Waals surface area contributed by atoms with Gasteiger partial charge in [0.25, 0.3) is 0 Å². The maximum absolute atomic E-state index is 13.0. The maximum atomic E-state index is 13.0. The number of rotatable bonds is 4. The topological polar surface area (TPSA) is 82.5 Å². The van der Waals surface area contributed by atoms with Gasteiger partial charge in [0.05, 0.1) is 22.1 Å². The van der Waals surface area contributed by atoms with Crippen LogP contribution in [0.5, 0.6) is 0 Å². The fourth-order valence-electron chi connectivity index (χ4n) is 4.25. The van der Waals surface area contributed by atoms with E-state index in [4.69, 9.17) is 4.98 Å². The Bertz CT molecular complexity index is 1160. The highest BCUT2D eigenvalue weighted by Crippen LogP contribution is 2.24. The van der Waals surface area contributed by atoms with Gasteiger partial charge in [-0.1, -0.05) is 12.5 Å². The summed E-state index contributed by atoms with van der Waals surface area (Å²) in [7, 11) is -3.47. The Hall–Kier alpha value is -2.78. The molecule has 0 aliphatic carbocycles. The van der Waals surface area contributed by atoms with Crippen LogP contribution in [0, 0.1) is 0 Å². The fraction of sp³-hybridized carbons (Fsp3) is 0.409. The van der Waals surface area contributed by atoms with Crippen LogP contribution >= 0.6 is 0 Å². The number of hydrogen-bond donors (Lipinski definition) is 0. The molecule has 2 aliphatic heterocycles. The third kappa shape index (κ3) is 4.07. The summed E-state index contributed by atoms with van der Waals surface area (Å²) >= 11 is 0. The number of hydrogen-bond acceptors (Lipinski definition) is 7. The average molecular weight is 439 g/mol. The summed E-state index contributed by atoms with van der Waals surface area (Å²) in [6.45, 7) is 4.58. The van der Waals surface area contributed by atoms with E-state index in [0.717, 1.165) is 57.1 Å². The van der Waals surface area contributed by atoms with E-state index in [0.29, 0.717) is 29.0 Å². The summed E-state index contributed by atoms with van der Waals surface area (Å²) in [5.41, 5.74) is 1.32. The predicted octanol–water partition coefficient (Wildman–Crippen LogP) is 2.53. The lowest BCUT2D eigenvalue weighted by molar-refractivity contribution is 0.346. The van der Waals surface area contributed by atoms with E-state index >= 15 is 0 Å². The number of piperazine rings is 1. The highest BCUT2D eigenvalue weighted by Gasteiger charge is 2.26. The largest absolute Gasteiger partial charge is 0.353 e. The summed E-state index contributed by atoms with van der Waals surface area (Å²) in [4.78, 5) is 18.5. The van der Waals surface area contributed by atoms with Gasteiger partial charge >= 0.3 is 0 Å². The van der Waals surface area contributed by atoms with Gasteiger partial charge in [-0.05, 0) is 43.2 Å². The highest BCUT2D eigenvalue weighted by molar-refractivity contribution is 7.89. The Morgan fingerprint density at radius 3 is 2.19 bits per heavy atom. The molecule has 5 rings (SSSR count). The maximum Gasteiger partial charge on any atom is 0.243 e. The molecule has 2 saturated heterocycles. The van der Waals surface area contributed by atoms with Crippen molar-refractivity contribution >= 4 is 32.7 Å². The second-order valence-electron chi connectivity index (χ2n) is 8.01. The highest BCUT2D eigenvalue weighted by atomic mass is 32.2. The second-order valence-corrected chi connectivity index (χ2v) is 9.94. The van der Waals surface area contributed by atoms with E-state index in [1.807, 2.05) is 24.4 Å². The van der Waals surface area contributed by atoms with Crippen molar-refractivity contribution in [3.8, 4) is 0 Å². The minimum atomic E-state index is -3.47. The number of fused-ring (bicyclic) bond motifs is 1. The molecule has 4 heterocycles. The molecule has 0 atom stereocenters. The molecule has 0 bridgehead atoms. The van der Waals surface area contributed by atoms with Crippen LogP contribution in [0.25, 0.3) is 11.0 Å². The van der Waals surface area contributed by atoms with E-state index < -0.39 is 10.0 Å². The lowest BCUT2D eigenvalue weighted by atomic mass is 10.2. The molecule has 3 aromatic rings. The molecule has 9 heteroatoms. The monoisotopic (exact) mass is 438 g/mol. The zero-order valence-electron chi connectivity index (χ0n) is 17.4. The first kappa shape index (κ1) is 20.1. The minimum Gasteiger partial charge on any atom is -0.353 e. The van der Waals surface area contributed by atoms with Crippen molar-refractivity contribution in [3.05, 3.63) is 48.8 Å². The first-order valence-electron chi connectivity index (χ1n) is 10.8. The standard InChI is InChI=1S/C22H26N6O2S/c29-31(30,28-10-4-1-5-11-28)18-7-8-19-20(16-18)24-17-22(25-19)27-14-12-26(13-15-27)21-6-2-3-9-23-21/h2-3,6-9,16-17H,1,4-5,10-15H2. The van der Waals surface area contributed by atoms with Gasteiger partial charge in [-0.15, -0.1) is 0 Å². The SMILES string of the molecule is O=S(=O)(c1ccc2nc(N3CCN(c4ccccn4)CC3)cnc2c1)N1CCCCC1. The first-order chi connectivity index (χ1) is 15.1. The lowest BCUT2D eigenvalue weighted by Crippen LogP contribution is -2.47. The molecule has 0 unspecified atom stereocenters. The zero-order valence-corrected chi connectivity index (χ0v) is 18.2. The quantitative estimate of drug-likeness (QED) is 0.619. The molecule has 0 radical (unpaired) electrons. The Morgan fingerprint density at radius 2 is 1.48 bits per heavy atom. The molecule has 1 aromatic carbocycles. The normalized spacial score (nSPS) is 18.5. The van der Waals surface area contributed by atoms with Crippen molar-refractivity contribution in [3.63, 3.8) is 0 Å². The summed E-state index contributed by atoms with van der Waals surface area (Å²) in [6.07, 6.45) is 6.49. The van der Waals surface area contributed by atoms with Crippen LogP contribution in [0.1, 0.15) is 19.3 Å². The number of nitrogens with zero attached hydrogens (tertiary/aromatic N) is 6. The van der Waals surface area contributed by atoms with Crippen LogP contribution < -0.4 is 9.80 Å². The van der Waals surface area contributed by atoms with Crippen LogP contribution in [-0.2, 0) is 10.0 Å². The molecule has 0 spiro atoms. The van der Waals surface area contributed by atoms with E-state index in [1.165, 1.54) is 0 Å². The fourth-order valence-corrected chi connectivity index (χ4v) is 5.79. The molecule has 0 N–H and O–H groups in total. The Balaban J connectivity index is 1.32. The van der Waals surface area contributed by atoms with Crippen LogP contribution in [0.2, 0.25) is 0 Å². The molecule has 162 valence electrons.